The second kappa shape index (κ2) is 5.75. The van der Waals surface area contributed by atoms with E-state index in [0.717, 1.165) is 0 Å². The van der Waals surface area contributed by atoms with Crippen molar-refractivity contribution in [1.82, 2.24) is 14.3 Å². The molecule has 3 rings (SSSR count). The summed E-state index contributed by atoms with van der Waals surface area (Å²) in [4.78, 5) is 36.8. The summed E-state index contributed by atoms with van der Waals surface area (Å²) in [6.45, 7) is 2.46. The average Bonchev–Trinajstić information content (AvgIpc) is 2.97. The number of hydrogen-bond donors (Lipinski definition) is 0. The predicted molar refractivity (Wildman–Crippen MR) is 83.1 cm³/mol. The van der Waals surface area contributed by atoms with E-state index in [1.807, 2.05) is 18.2 Å². The van der Waals surface area contributed by atoms with E-state index in [2.05, 4.69) is 0 Å². The molecule has 1 aromatic carbocycles. The lowest BCUT2D eigenvalue weighted by atomic mass is 10.3. The normalized spacial score (nSPS) is 17.4. The van der Waals surface area contributed by atoms with Gasteiger partial charge in [0.1, 0.15) is 11.7 Å². The number of nitrogens with zero attached hydrogens (tertiary/aromatic N) is 3. The number of carbonyl (C=O) groups is 2. The summed E-state index contributed by atoms with van der Waals surface area (Å²) in [7, 11) is 1.66. The molecule has 0 N–H and O–H groups in total. The fourth-order valence-corrected chi connectivity index (χ4v) is 2.79. The lowest BCUT2D eigenvalue weighted by Gasteiger charge is -2.16. The Balaban J connectivity index is 2.07. The highest BCUT2D eigenvalue weighted by Gasteiger charge is 2.30. The van der Waals surface area contributed by atoms with Crippen molar-refractivity contribution >= 4 is 12.4 Å². The zero-order valence-corrected chi connectivity index (χ0v) is 12.9. The number of para-hydroxylation sites is 1. The number of rotatable bonds is 4. The quantitative estimate of drug-likeness (QED) is 0.795. The van der Waals surface area contributed by atoms with Crippen molar-refractivity contribution in [1.29, 1.82) is 0 Å². The molecule has 0 spiro atoms. The number of amides is 1. The highest BCUT2D eigenvalue weighted by Crippen LogP contribution is 2.15. The Morgan fingerprint density at radius 3 is 2.52 bits per heavy atom. The molecule has 23 heavy (non-hydrogen) atoms. The van der Waals surface area contributed by atoms with Gasteiger partial charge in [-0.1, -0.05) is 18.2 Å². The number of hydrogen-bond acceptors (Lipinski definition) is 4. The molecule has 1 atom stereocenters. The maximum atomic E-state index is 12.5. The van der Waals surface area contributed by atoms with Gasteiger partial charge < -0.3 is 9.64 Å². The van der Waals surface area contributed by atoms with Crippen molar-refractivity contribution in [3.63, 3.8) is 0 Å². The van der Waals surface area contributed by atoms with Crippen LogP contribution in [-0.4, -0.2) is 46.3 Å². The van der Waals surface area contributed by atoms with Gasteiger partial charge in [0.2, 0.25) is 0 Å². The van der Waals surface area contributed by atoms with Gasteiger partial charge >= 0.3 is 6.09 Å². The first-order valence-electron chi connectivity index (χ1n) is 7.27. The van der Waals surface area contributed by atoms with Gasteiger partial charge in [-0.15, -0.1) is 0 Å². The summed E-state index contributed by atoms with van der Waals surface area (Å²) in [6, 6.07) is 9.07. The average molecular weight is 315 g/mol. The van der Waals surface area contributed by atoms with Crippen LogP contribution in [0.5, 0.6) is 0 Å². The Morgan fingerprint density at radius 1 is 1.26 bits per heavy atom. The van der Waals surface area contributed by atoms with Crippen molar-refractivity contribution in [3.05, 3.63) is 51.9 Å². The fourth-order valence-electron chi connectivity index (χ4n) is 2.79. The van der Waals surface area contributed by atoms with Crippen LogP contribution in [0.4, 0.5) is 4.79 Å². The highest BCUT2D eigenvalue weighted by atomic mass is 16.6. The molecule has 7 heteroatoms. The summed E-state index contributed by atoms with van der Waals surface area (Å²) in [6.07, 6.45) is -0.183. The molecule has 0 bridgehead atoms. The summed E-state index contributed by atoms with van der Waals surface area (Å²) < 4.78 is 8.41. The molecule has 1 aromatic heterocycles. The molecule has 120 valence electrons. The van der Waals surface area contributed by atoms with E-state index in [1.165, 1.54) is 9.58 Å². The lowest BCUT2D eigenvalue weighted by molar-refractivity contribution is 0.111. The molecule has 1 aliphatic rings. The van der Waals surface area contributed by atoms with Gasteiger partial charge in [-0.25, -0.2) is 9.48 Å². The first-order valence-corrected chi connectivity index (χ1v) is 7.27. The molecule has 7 nitrogen and oxygen atoms in total. The van der Waals surface area contributed by atoms with Crippen LogP contribution in [0.25, 0.3) is 5.69 Å². The van der Waals surface area contributed by atoms with E-state index >= 15 is 0 Å². The molecular weight excluding hydrogens is 298 g/mol. The molecular formula is C16H17N3O4. The minimum absolute atomic E-state index is 0.117. The van der Waals surface area contributed by atoms with Crippen LogP contribution in [-0.2, 0) is 11.3 Å². The van der Waals surface area contributed by atoms with Gasteiger partial charge in [-0.3, -0.25) is 14.3 Å². The van der Waals surface area contributed by atoms with Crippen LogP contribution in [0.2, 0.25) is 0 Å². The predicted octanol–water partition coefficient (Wildman–Crippen LogP) is 1.21. The van der Waals surface area contributed by atoms with Crippen molar-refractivity contribution in [3.8, 4) is 5.69 Å². The number of carbonyl (C=O) groups excluding carboxylic acids is 2. The lowest BCUT2D eigenvalue weighted by Crippen LogP contribution is -2.28. The minimum atomic E-state index is -0.385. The Hall–Kier alpha value is -2.83. The standard InChI is InChI=1S/C16H17N3O4/c1-11-14(10-20)15(21)19(12-6-4-3-5-7-12)18(11)9-13-8-17(2)16(22)23-13/h3-7,10,13H,8-9H2,1-2H3. The van der Waals surface area contributed by atoms with Crippen LogP contribution in [0.1, 0.15) is 16.1 Å². The van der Waals surface area contributed by atoms with E-state index in [0.29, 0.717) is 30.8 Å². The molecule has 1 fully saturated rings. The van der Waals surface area contributed by atoms with Gasteiger partial charge in [-0.05, 0) is 19.1 Å². The third-order valence-electron chi connectivity index (χ3n) is 3.99. The highest BCUT2D eigenvalue weighted by molar-refractivity contribution is 5.76. The fraction of sp³-hybridized carbons (Fsp3) is 0.312. The van der Waals surface area contributed by atoms with E-state index in [9.17, 15) is 14.4 Å². The molecule has 2 aromatic rings. The van der Waals surface area contributed by atoms with Crippen LogP contribution in [0, 0.1) is 6.92 Å². The van der Waals surface area contributed by atoms with E-state index in [1.54, 1.807) is 30.8 Å². The number of aldehydes is 1. The van der Waals surface area contributed by atoms with Crippen LogP contribution in [0.3, 0.4) is 0 Å². The number of benzene rings is 1. The van der Waals surface area contributed by atoms with Crippen LogP contribution < -0.4 is 5.56 Å². The number of aromatic nitrogens is 2. The van der Waals surface area contributed by atoms with Crippen LogP contribution in [0.15, 0.2) is 35.1 Å². The van der Waals surface area contributed by atoms with Gasteiger partial charge in [0, 0.05) is 12.7 Å². The molecule has 2 heterocycles. The molecule has 1 amide bonds. The Labute approximate surface area is 132 Å². The summed E-state index contributed by atoms with van der Waals surface area (Å²) in [5, 5.41) is 0. The summed E-state index contributed by atoms with van der Waals surface area (Å²) >= 11 is 0. The molecule has 1 unspecified atom stereocenters. The van der Waals surface area contributed by atoms with Crippen LogP contribution >= 0.6 is 0 Å². The monoisotopic (exact) mass is 315 g/mol. The SMILES string of the molecule is Cc1c(C=O)c(=O)n(-c2ccccc2)n1CC1CN(C)C(=O)O1. The number of cyclic esters (lactones) is 1. The van der Waals surface area contributed by atoms with Gasteiger partial charge in [0.05, 0.1) is 18.8 Å². The molecule has 0 radical (unpaired) electrons. The third kappa shape index (κ3) is 2.54. The van der Waals surface area contributed by atoms with Gasteiger partial charge in [0.25, 0.3) is 5.56 Å². The first kappa shape index (κ1) is 15.1. The zero-order chi connectivity index (χ0) is 16.6. The second-order valence-corrected chi connectivity index (χ2v) is 5.54. The molecule has 1 saturated heterocycles. The first-order chi connectivity index (χ1) is 11.0. The number of ether oxygens (including phenoxy) is 1. The van der Waals surface area contributed by atoms with E-state index < -0.39 is 0 Å². The maximum Gasteiger partial charge on any atom is 0.410 e. The van der Waals surface area contributed by atoms with Crippen molar-refractivity contribution < 1.29 is 14.3 Å². The topological polar surface area (TPSA) is 73.5 Å². The molecule has 0 saturated carbocycles. The largest absolute Gasteiger partial charge is 0.442 e. The Kier molecular flexibility index (Phi) is 3.77. The minimum Gasteiger partial charge on any atom is -0.442 e. The van der Waals surface area contributed by atoms with Gasteiger partial charge in [0.15, 0.2) is 6.29 Å². The second-order valence-electron chi connectivity index (χ2n) is 5.54. The zero-order valence-electron chi connectivity index (χ0n) is 12.9. The number of likely N-dealkylation sites (N-methyl/N-ethyl adjacent to an activating group) is 1. The van der Waals surface area contributed by atoms with E-state index in [-0.39, 0.29) is 23.3 Å². The Bertz CT molecular complexity index is 807. The van der Waals surface area contributed by atoms with Gasteiger partial charge in [-0.2, -0.15) is 0 Å². The molecule has 1 aliphatic heterocycles. The van der Waals surface area contributed by atoms with E-state index in [4.69, 9.17) is 4.74 Å². The third-order valence-corrected chi connectivity index (χ3v) is 3.99. The summed E-state index contributed by atoms with van der Waals surface area (Å²) in [5.41, 5.74) is 0.957. The Morgan fingerprint density at radius 2 is 1.96 bits per heavy atom. The summed E-state index contributed by atoms with van der Waals surface area (Å²) in [5.74, 6) is 0. The molecule has 0 aliphatic carbocycles. The van der Waals surface area contributed by atoms with Crippen molar-refractivity contribution in [2.75, 3.05) is 13.6 Å². The van der Waals surface area contributed by atoms with Crippen molar-refractivity contribution in [2.24, 2.45) is 0 Å². The van der Waals surface area contributed by atoms with Crippen molar-refractivity contribution in [2.45, 2.75) is 19.6 Å². The smallest absolute Gasteiger partial charge is 0.410 e. The maximum absolute atomic E-state index is 12.5.